The Hall–Kier alpha value is -1.17. The average molecular weight is 289 g/mol. The van der Waals surface area contributed by atoms with Gasteiger partial charge < -0.3 is 15.4 Å². The van der Waals surface area contributed by atoms with Gasteiger partial charge in [0.15, 0.2) is 0 Å². The van der Waals surface area contributed by atoms with Gasteiger partial charge in [0.1, 0.15) is 5.82 Å². The highest BCUT2D eigenvalue weighted by atomic mass is 35.5. The van der Waals surface area contributed by atoms with Crippen molar-refractivity contribution in [1.82, 2.24) is 4.90 Å². The second-order valence-electron chi connectivity index (χ2n) is 4.44. The highest BCUT2D eigenvalue weighted by Gasteiger charge is 2.24. The van der Waals surface area contributed by atoms with E-state index in [1.165, 1.54) is 12.1 Å². The van der Waals surface area contributed by atoms with Crippen LogP contribution in [0, 0.1) is 12.7 Å². The van der Waals surface area contributed by atoms with Crippen molar-refractivity contribution in [2.24, 2.45) is 5.73 Å². The Morgan fingerprint density at radius 2 is 2.32 bits per heavy atom. The molecule has 1 amide bonds. The van der Waals surface area contributed by atoms with Crippen molar-refractivity contribution in [3.63, 3.8) is 0 Å². The number of nitrogens with zero attached hydrogens (tertiary/aromatic N) is 1. The quantitative estimate of drug-likeness (QED) is 0.894. The number of rotatable bonds is 2. The van der Waals surface area contributed by atoms with Crippen LogP contribution in [0.3, 0.4) is 0 Å². The number of benzene rings is 1. The molecule has 1 aliphatic heterocycles. The fourth-order valence-corrected chi connectivity index (χ4v) is 2.01. The highest BCUT2D eigenvalue weighted by molar-refractivity contribution is 5.94. The normalized spacial score (nSPS) is 18.9. The molecule has 1 unspecified atom stereocenters. The molecule has 1 atom stereocenters. The standard InChI is InChI=1S/C13H17FN2O2.ClH/c1-9-6-10(2-3-12(9)14)13(17)16-4-5-18-11(7-15)8-16;/h2-3,6,11H,4-5,7-8,15H2,1H3;1H. The Bertz CT molecular complexity index is 456. The third-order valence-electron chi connectivity index (χ3n) is 3.09. The molecule has 0 spiro atoms. The summed E-state index contributed by atoms with van der Waals surface area (Å²) in [6.45, 7) is 3.58. The Kier molecular flexibility index (Phi) is 5.72. The smallest absolute Gasteiger partial charge is 0.254 e. The third kappa shape index (κ3) is 3.65. The van der Waals surface area contributed by atoms with Crippen LogP contribution in [0.25, 0.3) is 0 Å². The van der Waals surface area contributed by atoms with E-state index in [0.717, 1.165) is 0 Å². The van der Waals surface area contributed by atoms with E-state index in [1.807, 2.05) is 0 Å². The molecule has 1 fully saturated rings. The molecule has 4 nitrogen and oxygen atoms in total. The van der Waals surface area contributed by atoms with Crippen LogP contribution in [0.2, 0.25) is 0 Å². The zero-order chi connectivity index (χ0) is 13.1. The minimum Gasteiger partial charge on any atom is -0.373 e. The Morgan fingerprint density at radius 3 is 2.95 bits per heavy atom. The highest BCUT2D eigenvalue weighted by Crippen LogP contribution is 2.14. The molecule has 1 aromatic rings. The van der Waals surface area contributed by atoms with Gasteiger partial charge in [-0.15, -0.1) is 12.4 Å². The Morgan fingerprint density at radius 1 is 1.58 bits per heavy atom. The monoisotopic (exact) mass is 288 g/mol. The molecule has 2 N–H and O–H groups in total. The van der Waals surface area contributed by atoms with Crippen LogP contribution in [-0.4, -0.2) is 43.2 Å². The van der Waals surface area contributed by atoms with Gasteiger partial charge in [-0.25, -0.2) is 4.39 Å². The molecule has 0 bridgehead atoms. The number of morpholine rings is 1. The minimum atomic E-state index is -0.298. The number of ether oxygens (including phenoxy) is 1. The van der Waals surface area contributed by atoms with E-state index in [9.17, 15) is 9.18 Å². The van der Waals surface area contributed by atoms with Crippen LogP contribution >= 0.6 is 12.4 Å². The number of nitrogens with two attached hydrogens (primary N) is 1. The summed E-state index contributed by atoms with van der Waals surface area (Å²) in [5.74, 6) is -0.395. The van der Waals surface area contributed by atoms with Gasteiger partial charge in [0, 0.05) is 25.2 Å². The molecule has 1 aromatic carbocycles. The Balaban J connectivity index is 0.00000180. The minimum absolute atomic E-state index is 0. The van der Waals surface area contributed by atoms with E-state index >= 15 is 0 Å². The van der Waals surface area contributed by atoms with E-state index in [0.29, 0.717) is 37.4 Å². The zero-order valence-electron chi connectivity index (χ0n) is 10.8. The van der Waals surface area contributed by atoms with Gasteiger partial charge in [0.05, 0.1) is 12.7 Å². The van der Waals surface area contributed by atoms with Crippen molar-refractivity contribution in [2.75, 3.05) is 26.2 Å². The summed E-state index contributed by atoms with van der Waals surface area (Å²) in [6, 6.07) is 4.41. The molecule has 1 heterocycles. The maximum absolute atomic E-state index is 13.2. The predicted octanol–water partition coefficient (Wildman–Crippen LogP) is 1.36. The van der Waals surface area contributed by atoms with Gasteiger partial charge in [-0.2, -0.15) is 0 Å². The molecule has 1 saturated heterocycles. The number of aryl methyl sites for hydroxylation is 1. The lowest BCUT2D eigenvalue weighted by Crippen LogP contribution is -2.48. The number of halogens is 2. The van der Waals surface area contributed by atoms with Crippen LogP contribution < -0.4 is 5.73 Å². The van der Waals surface area contributed by atoms with Crippen molar-refractivity contribution in [1.29, 1.82) is 0 Å². The van der Waals surface area contributed by atoms with Crippen molar-refractivity contribution in [2.45, 2.75) is 13.0 Å². The molecule has 0 aromatic heterocycles. The topological polar surface area (TPSA) is 55.6 Å². The van der Waals surface area contributed by atoms with Gasteiger partial charge in [-0.1, -0.05) is 0 Å². The molecule has 1 aliphatic rings. The summed E-state index contributed by atoms with van der Waals surface area (Å²) < 4.78 is 18.6. The molecular formula is C13H18ClFN2O2. The zero-order valence-corrected chi connectivity index (χ0v) is 11.6. The van der Waals surface area contributed by atoms with Crippen LogP contribution in [0.1, 0.15) is 15.9 Å². The average Bonchev–Trinajstić information content (AvgIpc) is 2.41. The maximum atomic E-state index is 13.2. The molecule has 19 heavy (non-hydrogen) atoms. The van der Waals surface area contributed by atoms with Crippen LogP contribution in [0.5, 0.6) is 0 Å². The first-order chi connectivity index (χ1) is 8.61. The van der Waals surface area contributed by atoms with Gasteiger partial charge in [-0.3, -0.25) is 4.79 Å². The fourth-order valence-electron chi connectivity index (χ4n) is 2.01. The van der Waals surface area contributed by atoms with E-state index in [2.05, 4.69) is 0 Å². The predicted molar refractivity (Wildman–Crippen MR) is 73.1 cm³/mol. The summed E-state index contributed by atoms with van der Waals surface area (Å²) in [6.07, 6.45) is -0.107. The van der Waals surface area contributed by atoms with Crippen LogP contribution in [0.4, 0.5) is 4.39 Å². The third-order valence-corrected chi connectivity index (χ3v) is 3.09. The molecular weight excluding hydrogens is 271 g/mol. The SMILES string of the molecule is Cc1cc(C(=O)N2CCOC(CN)C2)ccc1F.Cl. The van der Waals surface area contributed by atoms with Gasteiger partial charge in [-0.05, 0) is 30.7 Å². The lowest BCUT2D eigenvalue weighted by atomic mass is 10.1. The first-order valence-electron chi connectivity index (χ1n) is 5.99. The maximum Gasteiger partial charge on any atom is 0.254 e. The van der Waals surface area contributed by atoms with Crippen molar-refractivity contribution < 1.29 is 13.9 Å². The number of carbonyl (C=O) groups excluding carboxylic acids is 1. The first kappa shape index (κ1) is 15.9. The molecule has 2 rings (SSSR count). The van der Waals surface area contributed by atoms with E-state index in [4.69, 9.17) is 10.5 Å². The molecule has 0 saturated carbocycles. The van der Waals surface area contributed by atoms with Gasteiger partial charge in [0.2, 0.25) is 0 Å². The van der Waals surface area contributed by atoms with Crippen LogP contribution in [-0.2, 0) is 4.74 Å². The second-order valence-corrected chi connectivity index (χ2v) is 4.44. The largest absolute Gasteiger partial charge is 0.373 e. The summed E-state index contributed by atoms with van der Waals surface area (Å²) in [5.41, 5.74) is 6.52. The Labute approximate surface area is 118 Å². The van der Waals surface area contributed by atoms with Gasteiger partial charge >= 0.3 is 0 Å². The lowest BCUT2D eigenvalue weighted by molar-refractivity contribution is -0.0167. The molecule has 0 radical (unpaired) electrons. The number of hydrogen-bond donors (Lipinski definition) is 1. The van der Waals surface area contributed by atoms with Gasteiger partial charge in [0.25, 0.3) is 5.91 Å². The molecule has 0 aliphatic carbocycles. The molecule has 106 valence electrons. The summed E-state index contributed by atoms with van der Waals surface area (Å²) in [7, 11) is 0. The summed E-state index contributed by atoms with van der Waals surface area (Å²) in [4.78, 5) is 13.9. The van der Waals surface area contributed by atoms with E-state index in [1.54, 1.807) is 17.9 Å². The number of amides is 1. The fraction of sp³-hybridized carbons (Fsp3) is 0.462. The number of carbonyl (C=O) groups is 1. The van der Waals surface area contributed by atoms with Crippen LogP contribution in [0.15, 0.2) is 18.2 Å². The van der Waals surface area contributed by atoms with Crippen molar-refractivity contribution >= 4 is 18.3 Å². The lowest BCUT2D eigenvalue weighted by Gasteiger charge is -2.32. The second kappa shape index (κ2) is 6.84. The molecule has 6 heteroatoms. The summed E-state index contributed by atoms with van der Waals surface area (Å²) in [5, 5.41) is 0. The van der Waals surface area contributed by atoms with E-state index < -0.39 is 0 Å². The summed E-state index contributed by atoms with van der Waals surface area (Å²) >= 11 is 0. The first-order valence-corrected chi connectivity index (χ1v) is 5.99. The van der Waals surface area contributed by atoms with E-state index in [-0.39, 0.29) is 30.2 Å². The van der Waals surface area contributed by atoms with Crippen molar-refractivity contribution in [3.8, 4) is 0 Å². The number of hydrogen-bond acceptors (Lipinski definition) is 3. The van der Waals surface area contributed by atoms with Crippen molar-refractivity contribution in [3.05, 3.63) is 35.1 Å².